The van der Waals surface area contributed by atoms with Gasteiger partial charge in [-0.2, -0.15) is 4.31 Å². The van der Waals surface area contributed by atoms with Crippen molar-refractivity contribution in [3.8, 4) is 0 Å². The smallest absolute Gasteiger partial charge is 0.207 e. The number of rotatable bonds is 2. The Morgan fingerprint density at radius 3 is 2.81 bits per heavy atom. The Hall–Kier alpha value is -1.31. The van der Waals surface area contributed by atoms with Crippen molar-refractivity contribution >= 4 is 21.4 Å². The molecule has 0 fully saturated rings. The van der Waals surface area contributed by atoms with E-state index in [2.05, 4.69) is 0 Å². The van der Waals surface area contributed by atoms with Crippen molar-refractivity contribution in [3.63, 3.8) is 0 Å². The molecule has 2 heterocycles. The number of halogens is 2. The molecule has 1 aromatic heterocycles. The lowest BCUT2D eigenvalue weighted by atomic mass is 10.0. The van der Waals surface area contributed by atoms with Crippen LogP contribution < -0.4 is 0 Å². The quantitative estimate of drug-likeness (QED) is 0.847. The second-order valence-electron chi connectivity index (χ2n) is 4.92. The van der Waals surface area contributed by atoms with Crippen LogP contribution in [0.5, 0.6) is 0 Å². The van der Waals surface area contributed by atoms with E-state index in [1.807, 2.05) is 11.4 Å². The second-order valence-corrected chi connectivity index (χ2v) is 7.78. The zero-order valence-corrected chi connectivity index (χ0v) is 12.8. The first-order valence-electron chi connectivity index (χ1n) is 6.44. The SMILES string of the molecule is C[C@H]1c2ccsc2CCN1S(=O)(=O)c1cc(F)ccc1F. The van der Waals surface area contributed by atoms with Gasteiger partial charge in [-0.1, -0.05) is 0 Å². The lowest BCUT2D eigenvalue weighted by Gasteiger charge is -2.32. The Kier molecular flexibility index (Phi) is 3.59. The zero-order valence-electron chi connectivity index (χ0n) is 11.2. The third-order valence-corrected chi connectivity index (χ3v) is 6.68. The minimum absolute atomic E-state index is 0.271. The molecule has 1 aliphatic rings. The van der Waals surface area contributed by atoms with Gasteiger partial charge in [0.1, 0.15) is 16.5 Å². The minimum Gasteiger partial charge on any atom is -0.207 e. The molecule has 21 heavy (non-hydrogen) atoms. The molecule has 0 spiro atoms. The molecule has 112 valence electrons. The Bertz CT molecular complexity index is 786. The predicted molar refractivity (Wildman–Crippen MR) is 76.7 cm³/mol. The molecular weight excluding hydrogens is 316 g/mol. The van der Waals surface area contributed by atoms with E-state index in [-0.39, 0.29) is 12.6 Å². The van der Waals surface area contributed by atoms with Crippen molar-refractivity contribution in [2.24, 2.45) is 0 Å². The topological polar surface area (TPSA) is 37.4 Å². The number of hydrogen-bond donors (Lipinski definition) is 0. The average molecular weight is 329 g/mol. The summed E-state index contributed by atoms with van der Waals surface area (Å²) < 4.78 is 53.6. The molecule has 0 saturated carbocycles. The third kappa shape index (κ3) is 2.39. The molecule has 0 saturated heterocycles. The van der Waals surface area contributed by atoms with Crippen molar-refractivity contribution < 1.29 is 17.2 Å². The molecule has 1 atom stereocenters. The van der Waals surface area contributed by atoms with Crippen LogP contribution in [0.4, 0.5) is 8.78 Å². The summed E-state index contributed by atoms with van der Waals surface area (Å²) >= 11 is 1.59. The molecule has 0 unspecified atom stereocenters. The van der Waals surface area contributed by atoms with Gasteiger partial charge in [0, 0.05) is 17.5 Å². The van der Waals surface area contributed by atoms with E-state index in [9.17, 15) is 17.2 Å². The fraction of sp³-hybridized carbons (Fsp3) is 0.286. The van der Waals surface area contributed by atoms with Gasteiger partial charge >= 0.3 is 0 Å². The Balaban J connectivity index is 2.05. The van der Waals surface area contributed by atoms with Crippen molar-refractivity contribution in [2.75, 3.05) is 6.54 Å². The van der Waals surface area contributed by atoms with Crippen LogP contribution in [0, 0.1) is 11.6 Å². The molecule has 3 nitrogen and oxygen atoms in total. The summed E-state index contributed by atoms with van der Waals surface area (Å²) in [6, 6.07) is 3.99. The van der Waals surface area contributed by atoms with Crippen LogP contribution in [0.2, 0.25) is 0 Å². The van der Waals surface area contributed by atoms with Crippen LogP contribution in [0.25, 0.3) is 0 Å². The highest BCUT2D eigenvalue weighted by atomic mass is 32.2. The van der Waals surface area contributed by atoms with Gasteiger partial charge in [0.2, 0.25) is 10.0 Å². The maximum atomic E-state index is 13.8. The number of sulfonamides is 1. The average Bonchev–Trinajstić information content (AvgIpc) is 2.91. The second kappa shape index (κ2) is 5.15. The maximum absolute atomic E-state index is 13.8. The minimum atomic E-state index is -4.06. The molecule has 3 rings (SSSR count). The van der Waals surface area contributed by atoms with Gasteiger partial charge in [-0.25, -0.2) is 17.2 Å². The van der Waals surface area contributed by atoms with Crippen LogP contribution >= 0.6 is 11.3 Å². The lowest BCUT2D eigenvalue weighted by molar-refractivity contribution is 0.327. The first kappa shape index (κ1) is 14.6. The van der Waals surface area contributed by atoms with Crippen LogP contribution in [-0.4, -0.2) is 19.3 Å². The largest absolute Gasteiger partial charge is 0.246 e. The molecule has 0 aliphatic carbocycles. The van der Waals surface area contributed by atoms with E-state index in [1.54, 1.807) is 18.3 Å². The first-order valence-corrected chi connectivity index (χ1v) is 8.76. The maximum Gasteiger partial charge on any atom is 0.246 e. The monoisotopic (exact) mass is 329 g/mol. The summed E-state index contributed by atoms with van der Waals surface area (Å²) in [5.74, 6) is -1.70. The normalized spacial score (nSPS) is 19.5. The fourth-order valence-electron chi connectivity index (χ4n) is 2.62. The van der Waals surface area contributed by atoms with E-state index < -0.39 is 26.6 Å². The van der Waals surface area contributed by atoms with Crippen LogP contribution in [-0.2, 0) is 16.4 Å². The zero-order chi connectivity index (χ0) is 15.2. The summed E-state index contributed by atoms with van der Waals surface area (Å²) in [5, 5.41) is 1.92. The molecule has 1 aliphatic heterocycles. The number of nitrogens with zero attached hydrogens (tertiary/aromatic N) is 1. The number of thiophene rings is 1. The molecule has 7 heteroatoms. The standard InChI is InChI=1S/C14H13F2NO2S2/c1-9-11-5-7-20-13(11)4-6-17(9)21(18,19)14-8-10(15)2-3-12(14)16/h2-3,5,7-9H,4,6H2,1H3/t9-/m0/s1. The van der Waals surface area contributed by atoms with Crippen molar-refractivity contribution in [3.05, 3.63) is 51.7 Å². The molecule has 0 N–H and O–H groups in total. The summed E-state index contributed by atoms with van der Waals surface area (Å²) in [5.41, 5.74) is 0.937. The van der Waals surface area contributed by atoms with Crippen LogP contribution in [0.3, 0.4) is 0 Å². The summed E-state index contributed by atoms with van der Waals surface area (Å²) in [4.78, 5) is 0.543. The molecule has 0 radical (unpaired) electrons. The fourth-order valence-corrected chi connectivity index (χ4v) is 5.27. The van der Waals surface area contributed by atoms with Crippen molar-refractivity contribution in [1.82, 2.24) is 4.31 Å². The van der Waals surface area contributed by atoms with Gasteiger partial charge in [0.25, 0.3) is 0 Å². The van der Waals surface area contributed by atoms with Gasteiger partial charge in [0.15, 0.2) is 0 Å². The molecular formula is C14H13F2NO2S2. The van der Waals surface area contributed by atoms with Gasteiger partial charge in [-0.15, -0.1) is 11.3 Å². The lowest BCUT2D eigenvalue weighted by Crippen LogP contribution is -2.38. The van der Waals surface area contributed by atoms with Crippen LogP contribution in [0.1, 0.15) is 23.4 Å². The molecule has 0 amide bonds. The van der Waals surface area contributed by atoms with E-state index in [4.69, 9.17) is 0 Å². The van der Waals surface area contributed by atoms with Gasteiger partial charge in [0.05, 0.1) is 0 Å². The van der Waals surface area contributed by atoms with Gasteiger partial charge < -0.3 is 0 Å². The third-order valence-electron chi connectivity index (χ3n) is 3.70. The number of benzene rings is 1. The number of hydrogen-bond acceptors (Lipinski definition) is 3. The number of fused-ring (bicyclic) bond motifs is 1. The Labute approximate surface area is 125 Å². The first-order chi connectivity index (χ1) is 9.91. The Morgan fingerprint density at radius 1 is 1.29 bits per heavy atom. The molecule has 1 aromatic carbocycles. The van der Waals surface area contributed by atoms with E-state index in [0.29, 0.717) is 6.42 Å². The van der Waals surface area contributed by atoms with Gasteiger partial charge in [-0.05, 0) is 48.6 Å². The van der Waals surface area contributed by atoms with Crippen LogP contribution in [0.15, 0.2) is 34.5 Å². The van der Waals surface area contributed by atoms with E-state index >= 15 is 0 Å². The molecule has 2 aromatic rings. The summed E-state index contributed by atoms with van der Waals surface area (Å²) in [6.45, 7) is 2.03. The highest BCUT2D eigenvalue weighted by Crippen LogP contribution is 2.36. The highest BCUT2D eigenvalue weighted by Gasteiger charge is 2.36. The summed E-state index contributed by atoms with van der Waals surface area (Å²) in [7, 11) is -4.06. The Morgan fingerprint density at radius 2 is 2.05 bits per heavy atom. The predicted octanol–water partition coefficient (Wildman–Crippen LogP) is 3.33. The summed E-state index contributed by atoms with van der Waals surface area (Å²) in [6.07, 6.45) is 0.591. The van der Waals surface area contributed by atoms with E-state index in [1.165, 1.54) is 4.31 Å². The van der Waals surface area contributed by atoms with Gasteiger partial charge in [-0.3, -0.25) is 0 Å². The van der Waals surface area contributed by atoms with Crippen molar-refractivity contribution in [2.45, 2.75) is 24.3 Å². The van der Waals surface area contributed by atoms with E-state index in [0.717, 1.165) is 28.6 Å². The highest BCUT2D eigenvalue weighted by molar-refractivity contribution is 7.89. The van der Waals surface area contributed by atoms with Crippen molar-refractivity contribution in [1.29, 1.82) is 0 Å². The molecule has 0 bridgehead atoms.